The molecule has 0 bridgehead atoms. The summed E-state index contributed by atoms with van der Waals surface area (Å²) in [6, 6.07) is 15.0. The van der Waals surface area contributed by atoms with Gasteiger partial charge >= 0.3 is 11.8 Å². The number of amides is 3. The number of furan rings is 1. The highest BCUT2D eigenvalue weighted by molar-refractivity contribution is 6.39. The van der Waals surface area contributed by atoms with Gasteiger partial charge in [-0.2, -0.15) is 0 Å². The van der Waals surface area contributed by atoms with Gasteiger partial charge in [0.1, 0.15) is 5.58 Å². The zero-order valence-electron chi connectivity index (χ0n) is 18.3. The van der Waals surface area contributed by atoms with Gasteiger partial charge in [0.05, 0.1) is 0 Å². The minimum absolute atomic E-state index is 0.114. The minimum atomic E-state index is -0.672. The first-order valence-corrected chi connectivity index (χ1v) is 10.8. The summed E-state index contributed by atoms with van der Waals surface area (Å²) in [6.07, 6.45) is 1.51. The van der Waals surface area contributed by atoms with Gasteiger partial charge in [-0.05, 0) is 56.4 Å². The number of likely N-dealkylation sites (tertiary alicyclic amines) is 1. The van der Waals surface area contributed by atoms with Gasteiger partial charge in [-0.15, -0.1) is 0 Å². The fourth-order valence-corrected chi connectivity index (χ4v) is 4.03. The summed E-state index contributed by atoms with van der Waals surface area (Å²) in [4.78, 5) is 39.0. The highest BCUT2D eigenvalue weighted by atomic mass is 16.3. The molecule has 2 N–H and O–H groups in total. The van der Waals surface area contributed by atoms with E-state index >= 15 is 0 Å². The number of carbonyl (C=O) groups excluding carboxylic acids is 3. The monoisotopic (exact) mass is 433 g/mol. The molecule has 2 heterocycles. The first-order valence-electron chi connectivity index (χ1n) is 10.8. The van der Waals surface area contributed by atoms with Crippen LogP contribution in [0.2, 0.25) is 0 Å². The highest BCUT2D eigenvalue weighted by Crippen LogP contribution is 2.23. The molecule has 0 unspecified atom stereocenters. The average molecular weight is 434 g/mol. The number of hydrogen-bond donors (Lipinski definition) is 2. The van der Waals surface area contributed by atoms with E-state index in [0.717, 1.165) is 29.4 Å². The summed E-state index contributed by atoms with van der Waals surface area (Å²) in [6.45, 7) is 5.45. The van der Waals surface area contributed by atoms with Crippen LogP contribution in [0.3, 0.4) is 0 Å². The lowest BCUT2D eigenvalue weighted by Gasteiger charge is -2.31. The molecule has 1 aliphatic rings. The van der Waals surface area contributed by atoms with Crippen molar-refractivity contribution in [2.24, 2.45) is 5.92 Å². The van der Waals surface area contributed by atoms with Crippen LogP contribution in [0.1, 0.15) is 34.5 Å². The summed E-state index contributed by atoms with van der Waals surface area (Å²) in [5.74, 6) is -0.870. The third kappa shape index (κ3) is 4.82. The molecule has 7 nitrogen and oxygen atoms in total. The molecular weight excluding hydrogens is 406 g/mol. The maximum Gasteiger partial charge on any atom is 0.313 e. The van der Waals surface area contributed by atoms with E-state index in [1.54, 1.807) is 17.0 Å². The molecular formula is C25H27N3O4. The molecule has 0 saturated carbocycles. The second-order valence-corrected chi connectivity index (χ2v) is 8.37. The lowest BCUT2D eigenvalue weighted by molar-refractivity contribution is -0.136. The molecule has 0 atom stereocenters. The largest absolute Gasteiger partial charge is 0.451 e. The van der Waals surface area contributed by atoms with Crippen LogP contribution in [0.15, 0.2) is 52.9 Å². The Hall–Kier alpha value is -3.61. The Morgan fingerprint density at radius 2 is 1.75 bits per heavy atom. The molecule has 0 spiro atoms. The second kappa shape index (κ2) is 9.26. The van der Waals surface area contributed by atoms with E-state index in [-0.39, 0.29) is 11.8 Å². The molecule has 1 aliphatic heterocycles. The Labute approximate surface area is 186 Å². The highest BCUT2D eigenvalue weighted by Gasteiger charge is 2.26. The van der Waals surface area contributed by atoms with Crippen LogP contribution in [-0.2, 0) is 9.59 Å². The molecule has 1 fully saturated rings. The Balaban J connectivity index is 1.24. The number of hydrogen-bond acceptors (Lipinski definition) is 4. The van der Waals surface area contributed by atoms with Gasteiger partial charge < -0.3 is 20.0 Å². The van der Waals surface area contributed by atoms with Crippen molar-refractivity contribution in [3.8, 4) is 0 Å². The molecule has 3 amide bonds. The molecule has 1 aromatic heterocycles. The van der Waals surface area contributed by atoms with Gasteiger partial charge in [0.15, 0.2) is 5.76 Å². The first kappa shape index (κ1) is 21.6. The SMILES string of the molecule is Cc1ccc(NC(=O)C(=O)NCC2CCN(C(=O)c3cc4ccccc4o3)CC2)c(C)c1. The van der Waals surface area contributed by atoms with Gasteiger partial charge in [0.25, 0.3) is 5.91 Å². The van der Waals surface area contributed by atoms with E-state index in [0.29, 0.717) is 36.7 Å². The van der Waals surface area contributed by atoms with Crippen LogP contribution in [0.5, 0.6) is 0 Å². The van der Waals surface area contributed by atoms with Crippen molar-refractivity contribution in [1.29, 1.82) is 0 Å². The smallest absolute Gasteiger partial charge is 0.313 e. The van der Waals surface area contributed by atoms with Crippen molar-refractivity contribution in [3.05, 3.63) is 65.4 Å². The molecule has 3 aromatic rings. The van der Waals surface area contributed by atoms with Crippen LogP contribution in [0.25, 0.3) is 11.0 Å². The summed E-state index contributed by atoms with van der Waals surface area (Å²) in [5.41, 5.74) is 3.34. The number of piperidine rings is 1. The topological polar surface area (TPSA) is 91.7 Å². The molecule has 1 saturated heterocycles. The first-order chi connectivity index (χ1) is 15.4. The van der Waals surface area contributed by atoms with E-state index < -0.39 is 11.8 Å². The van der Waals surface area contributed by atoms with Crippen molar-refractivity contribution in [1.82, 2.24) is 10.2 Å². The molecule has 2 aromatic carbocycles. The number of para-hydroxylation sites is 1. The van der Waals surface area contributed by atoms with Crippen LogP contribution in [0, 0.1) is 19.8 Å². The zero-order valence-corrected chi connectivity index (χ0v) is 18.3. The maximum atomic E-state index is 12.8. The van der Waals surface area contributed by atoms with Crippen LogP contribution < -0.4 is 10.6 Å². The summed E-state index contributed by atoms with van der Waals surface area (Å²) < 4.78 is 5.69. The Morgan fingerprint density at radius 1 is 1.00 bits per heavy atom. The van der Waals surface area contributed by atoms with Crippen LogP contribution in [-0.4, -0.2) is 42.3 Å². The van der Waals surface area contributed by atoms with Gasteiger partial charge in [-0.1, -0.05) is 35.9 Å². The van der Waals surface area contributed by atoms with Crippen LogP contribution >= 0.6 is 0 Å². The van der Waals surface area contributed by atoms with Gasteiger partial charge in [-0.25, -0.2) is 0 Å². The van der Waals surface area contributed by atoms with E-state index in [1.165, 1.54) is 0 Å². The number of benzene rings is 2. The molecule has 0 aliphatic carbocycles. The Morgan fingerprint density at radius 3 is 2.47 bits per heavy atom. The zero-order chi connectivity index (χ0) is 22.7. The van der Waals surface area contributed by atoms with Gasteiger partial charge in [-0.3, -0.25) is 14.4 Å². The molecule has 32 heavy (non-hydrogen) atoms. The van der Waals surface area contributed by atoms with Gasteiger partial charge in [0, 0.05) is 30.7 Å². The number of anilines is 1. The number of carbonyl (C=O) groups is 3. The summed E-state index contributed by atoms with van der Waals surface area (Å²) in [5, 5.41) is 6.30. The van der Waals surface area contributed by atoms with Crippen LogP contribution in [0.4, 0.5) is 5.69 Å². The average Bonchev–Trinajstić information content (AvgIpc) is 3.23. The van der Waals surface area contributed by atoms with E-state index in [4.69, 9.17) is 4.42 Å². The standard InChI is InChI=1S/C25H27N3O4/c1-16-7-8-20(17(2)13-16)27-24(30)23(29)26-15-18-9-11-28(12-10-18)25(31)22-14-19-5-3-4-6-21(19)32-22/h3-8,13-14,18H,9-12,15H2,1-2H3,(H,26,29)(H,27,30). The predicted molar refractivity (Wildman–Crippen MR) is 122 cm³/mol. The fraction of sp³-hybridized carbons (Fsp3) is 0.320. The lowest BCUT2D eigenvalue weighted by atomic mass is 9.96. The third-order valence-electron chi connectivity index (χ3n) is 5.93. The number of nitrogens with one attached hydrogen (secondary N) is 2. The molecule has 0 radical (unpaired) electrons. The van der Waals surface area contributed by atoms with E-state index in [1.807, 2.05) is 50.2 Å². The van der Waals surface area contributed by atoms with Gasteiger partial charge in [0.2, 0.25) is 0 Å². The number of fused-ring (bicyclic) bond motifs is 1. The summed E-state index contributed by atoms with van der Waals surface area (Å²) in [7, 11) is 0. The van der Waals surface area contributed by atoms with Crippen molar-refractivity contribution in [2.45, 2.75) is 26.7 Å². The quantitative estimate of drug-likeness (QED) is 0.615. The van der Waals surface area contributed by atoms with E-state index in [2.05, 4.69) is 10.6 Å². The number of rotatable bonds is 4. The molecule has 166 valence electrons. The normalized spacial score (nSPS) is 14.4. The fourth-order valence-electron chi connectivity index (χ4n) is 4.03. The maximum absolute atomic E-state index is 12.8. The number of aryl methyl sites for hydroxylation is 2. The minimum Gasteiger partial charge on any atom is -0.451 e. The lowest BCUT2D eigenvalue weighted by Crippen LogP contribution is -2.43. The Bertz CT molecular complexity index is 1130. The number of nitrogens with zero attached hydrogens (tertiary/aromatic N) is 1. The van der Waals surface area contributed by atoms with Crippen molar-refractivity contribution < 1.29 is 18.8 Å². The van der Waals surface area contributed by atoms with Crippen molar-refractivity contribution >= 4 is 34.4 Å². The summed E-state index contributed by atoms with van der Waals surface area (Å²) >= 11 is 0. The van der Waals surface area contributed by atoms with Crippen molar-refractivity contribution in [2.75, 3.05) is 25.0 Å². The third-order valence-corrected chi connectivity index (χ3v) is 5.93. The predicted octanol–water partition coefficient (Wildman–Crippen LogP) is 3.66. The Kier molecular flexibility index (Phi) is 6.25. The molecule has 7 heteroatoms. The van der Waals surface area contributed by atoms with Crippen molar-refractivity contribution in [3.63, 3.8) is 0 Å². The molecule has 4 rings (SSSR count). The van der Waals surface area contributed by atoms with E-state index in [9.17, 15) is 14.4 Å². The second-order valence-electron chi connectivity index (χ2n) is 8.37.